The van der Waals surface area contributed by atoms with Gasteiger partial charge in [0.05, 0.1) is 18.4 Å². The van der Waals surface area contributed by atoms with Gasteiger partial charge in [-0.2, -0.15) is 5.10 Å². The molecule has 0 fully saturated rings. The Kier molecular flexibility index (Phi) is 6.72. The monoisotopic (exact) mass is 272 g/mol. The van der Waals surface area contributed by atoms with E-state index in [-0.39, 0.29) is 6.10 Å². The molecule has 0 aliphatic heterocycles. The van der Waals surface area contributed by atoms with Crippen LogP contribution in [-0.4, -0.2) is 15.9 Å². The minimum absolute atomic E-state index is 0.289. The van der Waals surface area contributed by atoms with Crippen LogP contribution < -0.4 is 0 Å². The van der Waals surface area contributed by atoms with E-state index in [2.05, 4.69) is 18.9 Å². The van der Waals surface area contributed by atoms with Crippen molar-refractivity contribution in [1.82, 2.24) is 9.78 Å². The maximum Gasteiger partial charge on any atom is 0.132 e. The summed E-state index contributed by atoms with van der Waals surface area (Å²) in [5.41, 5.74) is 1.97. The molecule has 1 rings (SSSR count). The van der Waals surface area contributed by atoms with Crippen molar-refractivity contribution in [3.8, 4) is 0 Å². The van der Waals surface area contributed by atoms with Gasteiger partial charge in [0, 0.05) is 12.6 Å². The number of halogens is 1. The van der Waals surface area contributed by atoms with Gasteiger partial charge in [-0.3, -0.25) is 4.68 Å². The lowest BCUT2D eigenvalue weighted by Crippen LogP contribution is -2.08. The zero-order valence-corrected chi connectivity index (χ0v) is 12.8. The van der Waals surface area contributed by atoms with Crippen LogP contribution in [0.1, 0.15) is 57.2 Å². The van der Waals surface area contributed by atoms with Gasteiger partial charge in [-0.15, -0.1) is 0 Å². The van der Waals surface area contributed by atoms with Gasteiger partial charge in [0.15, 0.2) is 0 Å². The molecule has 0 spiro atoms. The Labute approximate surface area is 115 Å². The molecule has 4 heteroatoms. The van der Waals surface area contributed by atoms with E-state index < -0.39 is 0 Å². The van der Waals surface area contributed by atoms with Crippen LogP contribution in [0.4, 0.5) is 0 Å². The third-order valence-corrected chi connectivity index (χ3v) is 3.72. The quantitative estimate of drug-likeness (QED) is 0.661. The summed E-state index contributed by atoms with van der Waals surface area (Å²) in [6, 6.07) is 0. The maximum atomic E-state index is 6.16. The zero-order valence-electron chi connectivity index (χ0n) is 12.0. The number of aromatic nitrogens is 2. The van der Waals surface area contributed by atoms with Gasteiger partial charge in [-0.25, -0.2) is 0 Å². The summed E-state index contributed by atoms with van der Waals surface area (Å²) < 4.78 is 7.54. The molecule has 1 atom stereocenters. The molecule has 1 heterocycles. The van der Waals surface area contributed by atoms with Crippen molar-refractivity contribution in [2.24, 2.45) is 7.05 Å². The topological polar surface area (TPSA) is 27.1 Å². The molecule has 1 unspecified atom stereocenters. The number of nitrogens with zero attached hydrogens (tertiary/aromatic N) is 2. The Bertz CT molecular complexity index is 363. The Morgan fingerprint density at radius 2 is 2.06 bits per heavy atom. The second-order valence-electron chi connectivity index (χ2n) is 4.95. The number of hydrogen-bond acceptors (Lipinski definition) is 2. The van der Waals surface area contributed by atoms with E-state index in [0.29, 0.717) is 11.8 Å². The Morgan fingerprint density at radius 1 is 1.33 bits per heavy atom. The average molecular weight is 273 g/mol. The highest BCUT2D eigenvalue weighted by molar-refractivity contribution is 6.30. The van der Waals surface area contributed by atoms with Crippen LogP contribution in [0.2, 0.25) is 5.15 Å². The average Bonchev–Trinajstić information content (AvgIpc) is 2.57. The fraction of sp³-hybridized carbons (Fsp3) is 0.786. The zero-order chi connectivity index (χ0) is 13.5. The minimum atomic E-state index is 0.289. The smallest absolute Gasteiger partial charge is 0.132 e. The maximum absolute atomic E-state index is 6.16. The van der Waals surface area contributed by atoms with Crippen molar-refractivity contribution in [1.29, 1.82) is 0 Å². The molecule has 104 valence electrons. The van der Waals surface area contributed by atoms with E-state index in [9.17, 15) is 0 Å². The molecular weight excluding hydrogens is 248 g/mol. The highest BCUT2D eigenvalue weighted by Gasteiger charge is 2.12. The lowest BCUT2D eigenvalue weighted by Gasteiger charge is -2.12. The van der Waals surface area contributed by atoms with Gasteiger partial charge in [0.2, 0.25) is 0 Å². The van der Waals surface area contributed by atoms with Crippen molar-refractivity contribution in [3.05, 3.63) is 16.4 Å². The normalized spacial score (nSPS) is 12.9. The van der Waals surface area contributed by atoms with Crippen molar-refractivity contribution in [3.63, 3.8) is 0 Å². The highest BCUT2D eigenvalue weighted by Crippen LogP contribution is 2.20. The first-order valence-electron chi connectivity index (χ1n) is 6.85. The van der Waals surface area contributed by atoms with Crippen molar-refractivity contribution < 1.29 is 4.74 Å². The molecule has 0 saturated heterocycles. The molecule has 0 N–H and O–H groups in total. The Morgan fingerprint density at radius 3 is 2.61 bits per heavy atom. The number of hydrogen-bond donors (Lipinski definition) is 0. The second-order valence-corrected chi connectivity index (χ2v) is 5.31. The molecule has 0 amide bonds. The van der Waals surface area contributed by atoms with Crippen LogP contribution in [0.5, 0.6) is 0 Å². The minimum Gasteiger partial charge on any atom is -0.374 e. The summed E-state index contributed by atoms with van der Waals surface area (Å²) in [5.74, 6) is 0. The van der Waals surface area contributed by atoms with Crippen LogP contribution in [-0.2, 0) is 18.4 Å². The standard InChI is InChI=1S/C14H25ClN2O/c1-5-6-7-8-9-11(2)18-10-13-12(3)16-17(4)14(13)15/h11H,5-10H2,1-4H3. The summed E-state index contributed by atoms with van der Waals surface area (Å²) in [7, 11) is 1.85. The molecule has 0 aliphatic carbocycles. The number of unbranched alkanes of at least 4 members (excludes halogenated alkanes) is 3. The van der Waals surface area contributed by atoms with E-state index >= 15 is 0 Å². The molecule has 0 radical (unpaired) electrons. The largest absolute Gasteiger partial charge is 0.374 e. The predicted molar refractivity (Wildman–Crippen MR) is 76.0 cm³/mol. The highest BCUT2D eigenvalue weighted by atomic mass is 35.5. The lowest BCUT2D eigenvalue weighted by atomic mass is 10.1. The van der Waals surface area contributed by atoms with Crippen molar-refractivity contribution in [2.45, 2.75) is 65.6 Å². The van der Waals surface area contributed by atoms with Crippen LogP contribution in [0.15, 0.2) is 0 Å². The van der Waals surface area contributed by atoms with Gasteiger partial charge in [0.1, 0.15) is 5.15 Å². The molecule has 3 nitrogen and oxygen atoms in total. The molecule has 0 bridgehead atoms. The van der Waals surface area contributed by atoms with Crippen LogP contribution >= 0.6 is 11.6 Å². The number of aryl methyl sites for hydroxylation is 2. The fourth-order valence-corrected chi connectivity index (χ4v) is 2.23. The van der Waals surface area contributed by atoms with Gasteiger partial charge >= 0.3 is 0 Å². The lowest BCUT2D eigenvalue weighted by molar-refractivity contribution is 0.0456. The molecule has 0 aliphatic rings. The molecule has 0 saturated carbocycles. The summed E-state index contributed by atoms with van der Waals surface area (Å²) in [5, 5.41) is 4.97. The van der Waals surface area contributed by atoms with Gasteiger partial charge in [-0.1, -0.05) is 44.2 Å². The van der Waals surface area contributed by atoms with E-state index in [0.717, 1.165) is 17.7 Å². The molecule has 18 heavy (non-hydrogen) atoms. The van der Waals surface area contributed by atoms with Crippen LogP contribution in [0, 0.1) is 6.92 Å². The van der Waals surface area contributed by atoms with Gasteiger partial charge in [0.25, 0.3) is 0 Å². The van der Waals surface area contributed by atoms with Crippen LogP contribution in [0.25, 0.3) is 0 Å². The Hall–Kier alpha value is -0.540. The van der Waals surface area contributed by atoms with Gasteiger partial charge < -0.3 is 4.74 Å². The van der Waals surface area contributed by atoms with E-state index in [4.69, 9.17) is 16.3 Å². The fourth-order valence-electron chi connectivity index (χ4n) is 2.01. The summed E-state index contributed by atoms with van der Waals surface area (Å²) in [4.78, 5) is 0. The number of rotatable bonds is 8. The second kappa shape index (κ2) is 7.80. The molecule has 1 aromatic rings. The Balaban J connectivity index is 2.31. The summed E-state index contributed by atoms with van der Waals surface area (Å²) in [6.45, 7) is 6.89. The molecular formula is C14H25ClN2O. The van der Waals surface area contributed by atoms with Crippen molar-refractivity contribution in [2.75, 3.05) is 0 Å². The predicted octanol–water partition coefficient (Wildman–Crippen LogP) is 4.26. The molecule has 1 aromatic heterocycles. The SMILES string of the molecule is CCCCCCC(C)OCc1c(C)nn(C)c1Cl. The van der Waals surface area contributed by atoms with Crippen LogP contribution in [0.3, 0.4) is 0 Å². The third-order valence-electron chi connectivity index (χ3n) is 3.25. The first kappa shape index (κ1) is 15.5. The van der Waals surface area contributed by atoms with E-state index in [1.165, 1.54) is 25.7 Å². The van der Waals surface area contributed by atoms with E-state index in [1.807, 2.05) is 14.0 Å². The third kappa shape index (κ3) is 4.62. The number of ether oxygens (including phenoxy) is 1. The van der Waals surface area contributed by atoms with Gasteiger partial charge in [-0.05, 0) is 20.3 Å². The first-order chi connectivity index (χ1) is 8.56. The van der Waals surface area contributed by atoms with E-state index in [1.54, 1.807) is 4.68 Å². The first-order valence-corrected chi connectivity index (χ1v) is 7.23. The summed E-state index contributed by atoms with van der Waals surface area (Å²) >= 11 is 6.16. The molecule has 0 aromatic carbocycles. The summed E-state index contributed by atoms with van der Waals surface area (Å²) in [6.07, 6.45) is 6.56. The van der Waals surface area contributed by atoms with Crippen molar-refractivity contribution >= 4 is 11.6 Å².